The summed E-state index contributed by atoms with van der Waals surface area (Å²) in [6.07, 6.45) is 4.26. The van der Waals surface area contributed by atoms with Crippen molar-refractivity contribution >= 4 is 29.3 Å². The third-order valence-corrected chi connectivity index (χ3v) is 6.84. The van der Waals surface area contributed by atoms with Crippen molar-refractivity contribution in [1.82, 2.24) is 5.32 Å². The summed E-state index contributed by atoms with van der Waals surface area (Å²) in [4.78, 5) is 27.8. The number of rotatable bonds is 6. The van der Waals surface area contributed by atoms with Gasteiger partial charge in [-0.05, 0) is 81.0 Å². The standard InChI is InChI=1S/C23H26N2O2S/c1-15-4-5-16(2)20(14-15)28-19-10-8-18(9-11-19)25-22(27)23(12-3-13-23)21(26)24-17-6-7-17/h4-5,8-11,14,17H,3,6-7,12-13H2,1-2H3,(H,24,26)(H,25,27). The van der Waals surface area contributed by atoms with E-state index in [1.807, 2.05) is 24.3 Å². The van der Waals surface area contributed by atoms with Crippen LogP contribution in [0.5, 0.6) is 0 Å². The van der Waals surface area contributed by atoms with Crippen LogP contribution >= 0.6 is 11.8 Å². The molecule has 0 bridgehead atoms. The van der Waals surface area contributed by atoms with E-state index in [1.54, 1.807) is 11.8 Å². The van der Waals surface area contributed by atoms with Gasteiger partial charge in [0.15, 0.2) is 0 Å². The molecular formula is C23H26N2O2S. The topological polar surface area (TPSA) is 58.2 Å². The molecule has 4 rings (SSSR count). The predicted octanol–water partition coefficient (Wildman–Crippen LogP) is 4.84. The smallest absolute Gasteiger partial charge is 0.240 e. The third kappa shape index (κ3) is 3.95. The van der Waals surface area contributed by atoms with Crippen molar-refractivity contribution in [3.63, 3.8) is 0 Å². The molecule has 5 heteroatoms. The molecule has 28 heavy (non-hydrogen) atoms. The van der Waals surface area contributed by atoms with Gasteiger partial charge in [0.05, 0.1) is 0 Å². The van der Waals surface area contributed by atoms with Crippen LogP contribution in [0.1, 0.15) is 43.2 Å². The molecule has 0 unspecified atom stereocenters. The highest BCUT2D eigenvalue weighted by atomic mass is 32.2. The van der Waals surface area contributed by atoms with Gasteiger partial charge in [0.2, 0.25) is 11.8 Å². The van der Waals surface area contributed by atoms with Gasteiger partial charge in [-0.1, -0.05) is 30.3 Å². The Morgan fingerprint density at radius 2 is 1.71 bits per heavy atom. The van der Waals surface area contributed by atoms with Crippen LogP contribution in [-0.2, 0) is 9.59 Å². The van der Waals surface area contributed by atoms with Crippen molar-refractivity contribution < 1.29 is 9.59 Å². The summed E-state index contributed by atoms with van der Waals surface area (Å²) in [6, 6.07) is 14.6. The van der Waals surface area contributed by atoms with Gasteiger partial charge in [0.1, 0.15) is 5.41 Å². The van der Waals surface area contributed by atoms with Crippen LogP contribution in [0.2, 0.25) is 0 Å². The zero-order chi connectivity index (χ0) is 19.7. The van der Waals surface area contributed by atoms with Gasteiger partial charge in [-0.15, -0.1) is 0 Å². The lowest BCUT2D eigenvalue weighted by molar-refractivity contribution is -0.146. The maximum absolute atomic E-state index is 12.8. The molecule has 4 nitrogen and oxygen atoms in total. The highest BCUT2D eigenvalue weighted by Gasteiger charge is 2.51. The highest BCUT2D eigenvalue weighted by Crippen LogP contribution is 2.43. The average molecular weight is 395 g/mol. The zero-order valence-electron chi connectivity index (χ0n) is 16.4. The van der Waals surface area contributed by atoms with Crippen LogP contribution in [0.25, 0.3) is 0 Å². The molecular weight excluding hydrogens is 368 g/mol. The number of hydrogen-bond acceptors (Lipinski definition) is 3. The summed E-state index contributed by atoms with van der Waals surface area (Å²) in [6.45, 7) is 4.21. The minimum absolute atomic E-state index is 0.0964. The number of carbonyl (C=O) groups is 2. The summed E-state index contributed by atoms with van der Waals surface area (Å²) in [7, 11) is 0. The first-order valence-electron chi connectivity index (χ1n) is 9.94. The van der Waals surface area contributed by atoms with E-state index in [0.717, 1.165) is 29.8 Å². The quantitative estimate of drug-likeness (QED) is 0.689. The van der Waals surface area contributed by atoms with E-state index in [0.29, 0.717) is 12.8 Å². The average Bonchev–Trinajstić information content (AvgIpc) is 3.43. The van der Waals surface area contributed by atoms with Crippen LogP contribution in [-0.4, -0.2) is 17.9 Å². The molecule has 2 saturated carbocycles. The molecule has 2 aliphatic carbocycles. The van der Waals surface area contributed by atoms with E-state index in [1.165, 1.54) is 16.0 Å². The summed E-state index contributed by atoms with van der Waals surface area (Å²) in [5.74, 6) is -0.271. The van der Waals surface area contributed by atoms with Gasteiger partial charge >= 0.3 is 0 Å². The molecule has 2 amide bonds. The number of hydrogen-bond donors (Lipinski definition) is 2. The lowest BCUT2D eigenvalue weighted by Gasteiger charge is -2.38. The Morgan fingerprint density at radius 1 is 1.00 bits per heavy atom. The molecule has 2 N–H and O–H groups in total. The maximum atomic E-state index is 12.8. The monoisotopic (exact) mass is 394 g/mol. The molecule has 0 saturated heterocycles. The molecule has 2 aromatic rings. The van der Waals surface area contributed by atoms with Crippen molar-refractivity contribution in [3.8, 4) is 0 Å². The highest BCUT2D eigenvalue weighted by molar-refractivity contribution is 7.99. The van der Waals surface area contributed by atoms with Crippen LogP contribution in [0.4, 0.5) is 5.69 Å². The number of amides is 2. The molecule has 0 spiro atoms. The predicted molar refractivity (Wildman–Crippen MR) is 113 cm³/mol. The number of aryl methyl sites for hydroxylation is 2. The van der Waals surface area contributed by atoms with Crippen molar-refractivity contribution in [3.05, 3.63) is 53.6 Å². The Balaban J connectivity index is 1.41. The lowest BCUT2D eigenvalue weighted by atomic mass is 9.67. The van der Waals surface area contributed by atoms with Crippen LogP contribution in [0.3, 0.4) is 0 Å². The number of benzene rings is 2. The Labute approximate surface area is 170 Å². The molecule has 0 heterocycles. The molecule has 0 radical (unpaired) electrons. The van der Waals surface area contributed by atoms with E-state index in [9.17, 15) is 9.59 Å². The molecule has 0 aliphatic heterocycles. The minimum Gasteiger partial charge on any atom is -0.352 e. The molecule has 2 aliphatic rings. The summed E-state index contributed by atoms with van der Waals surface area (Å²) in [5.41, 5.74) is 2.35. The maximum Gasteiger partial charge on any atom is 0.240 e. The van der Waals surface area contributed by atoms with Crippen LogP contribution in [0.15, 0.2) is 52.3 Å². The molecule has 0 aromatic heterocycles. The van der Waals surface area contributed by atoms with Crippen molar-refractivity contribution in [2.75, 3.05) is 5.32 Å². The Morgan fingerprint density at radius 3 is 2.32 bits per heavy atom. The van der Waals surface area contributed by atoms with Gasteiger partial charge in [-0.25, -0.2) is 0 Å². The minimum atomic E-state index is -0.880. The summed E-state index contributed by atoms with van der Waals surface area (Å²) < 4.78 is 0. The van der Waals surface area contributed by atoms with Crippen molar-refractivity contribution in [2.45, 2.75) is 61.8 Å². The Kier molecular flexibility index (Phi) is 5.19. The van der Waals surface area contributed by atoms with Crippen molar-refractivity contribution in [1.29, 1.82) is 0 Å². The fourth-order valence-electron chi connectivity index (χ4n) is 3.44. The largest absolute Gasteiger partial charge is 0.352 e. The summed E-state index contributed by atoms with van der Waals surface area (Å²) in [5, 5.41) is 5.97. The van der Waals surface area contributed by atoms with E-state index in [-0.39, 0.29) is 17.9 Å². The second-order valence-corrected chi connectivity index (χ2v) is 9.15. The van der Waals surface area contributed by atoms with Gasteiger partial charge in [-0.2, -0.15) is 0 Å². The van der Waals surface area contributed by atoms with Crippen LogP contribution < -0.4 is 10.6 Å². The third-order valence-electron chi connectivity index (χ3n) is 5.67. The molecule has 146 valence electrons. The second-order valence-electron chi connectivity index (χ2n) is 8.03. The van der Waals surface area contributed by atoms with Crippen LogP contribution in [0, 0.1) is 19.3 Å². The van der Waals surface area contributed by atoms with Gasteiger partial charge < -0.3 is 10.6 Å². The van der Waals surface area contributed by atoms with E-state index in [4.69, 9.17) is 0 Å². The zero-order valence-corrected chi connectivity index (χ0v) is 17.2. The molecule has 2 fully saturated rings. The number of anilines is 1. The molecule has 2 aromatic carbocycles. The van der Waals surface area contributed by atoms with E-state index in [2.05, 4.69) is 42.7 Å². The SMILES string of the molecule is Cc1ccc(C)c(Sc2ccc(NC(=O)C3(C(=O)NC4CC4)CCC3)cc2)c1. The van der Waals surface area contributed by atoms with Gasteiger partial charge in [0.25, 0.3) is 0 Å². The van der Waals surface area contributed by atoms with E-state index < -0.39 is 5.41 Å². The van der Waals surface area contributed by atoms with Crippen molar-refractivity contribution in [2.24, 2.45) is 5.41 Å². The lowest BCUT2D eigenvalue weighted by Crippen LogP contribution is -2.53. The van der Waals surface area contributed by atoms with Gasteiger partial charge in [0, 0.05) is 21.5 Å². The fraction of sp³-hybridized carbons (Fsp3) is 0.391. The van der Waals surface area contributed by atoms with Gasteiger partial charge in [-0.3, -0.25) is 9.59 Å². The first-order chi connectivity index (χ1) is 13.5. The first-order valence-corrected chi connectivity index (χ1v) is 10.8. The summed E-state index contributed by atoms with van der Waals surface area (Å²) >= 11 is 1.72. The molecule has 0 atom stereocenters. The number of carbonyl (C=O) groups excluding carboxylic acids is 2. The Hall–Kier alpha value is -2.27. The van der Waals surface area contributed by atoms with E-state index >= 15 is 0 Å². The second kappa shape index (κ2) is 7.63. The normalized spacial score (nSPS) is 17.5. The fourth-order valence-corrected chi connectivity index (χ4v) is 4.44. The Bertz CT molecular complexity index is 899. The number of nitrogens with one attached hydrogen (secondary N) is 2. The first kappa shape index (κ1) is 19.1.